The highest BCUT2D eigenvalue weighted by molar-refractivity contribution is 5.74. The minimum Gasteiger partial charge on any atom is -0.393 e. The predicted molar refractivity (Wildman–Crippen MR) is 91.4 cm³/mol. The molecule has 2 amide bonds. The molecule has 0 saturated heterocycles. The van der Waals surface area contributed by atoms with E-state index in [1.165, 1.54) is 36.0 Å². The first kappa shape index (κ1) is 16.3. The van der Waals surface area contributed by atoms with Gasteiger partial charge < -0.3 is 15.7 Å². The van der Waals surface area contributed by atoms with Crippen LogP contribution in [0.4, 0.5) is 4.79 Å². The lowest BCUT2D eigenvalue weighted by Crippen LogP contribution is -2.44. The zero-order valence-corrected chi connectivity index (χ0v) is 14.0. The fraction of sp³-hybridized carbons (Fsp3) is 0.632. The summed E-state index contributed by atoms with van der Waals surface area (Å²) in [6.07, 6.45) is 8.01. The number of aliphatic hydroxyl groups is 1. The number of nitrogens with one attached hydrogen (secondary N) is 2. The Morgan fingerprint density at radius 2 is 1.83 bits per heavy atom. The molecule has 3 N–H and O–H groups in total. The van der Waals surface area contributed by atoms with Crippen molar-refractivity contribution in [1.82, 2.24) is 10.6 Å². The van der Waals surface area contributed by atoms with Crippen LogP contribution in [0.1, 0.15) is 68.2 Å². The number of aliphatic hydroxyl groups excluding tert-OH is 1. The van der Waals surface area contributed by atoms with Crippen LogP contribution in [0, 0.1) is 0 Å². The Labute approximate surface area is 138 Å². The molecule has 3 rings (SSSR count). The Balaban J connectivity index is 1.54. The molecule has 23 heavy (non-hydrogen) atoms. The van der Waals surface area contributed by atoms with Gasteiger partial charge in [0.15, 0.2) is 0 Å². The van der Waals surface area contributed by atoms with Gasteiger partial charge in [-0.25, -0.2) is 4.79 Å². The van der Waals surface area contributed by atoms with Crippen LogP contribution < -0.4 is 10.6 Å². The van der Waals surface area contributed by atoms with Crippen LogP contribution in [0.25, 0.3) is 0 Å². The molecule has 0 heterocycles. The van der Waals surface area contributed by atoms with E-state index in [0.29, 0.717) is 0 Å². The van der Waals surface area contributed by atoms with E-state index in [-0.39, 0.29) is 24.2 Å². The Morgan fingerprint density at radius 3 is 2.57 bits per heavy atom. The van der Waals surface area contributed by atoms with Crippen LogP contribution in [-0.2, 0) is 12.8 Å². The molecule has 0 aliphatic heterocycles. The van der Waals surface area contributed by atoms with E-state index in [0.717, 1.165) is 32.1 Å². The number of rotatable bonds is 3. The molecule has 2 aliphatic rings. The fourth-order valence-corrected chi connectivity index (χ4v) is 3.75. The van der Waals surface area contributed by atoms with E-state index in [1.54, 1.807) is 0 Å². The van der Waals surface area contributed by atoms with Crippen molar-refractivity contribution >= 4 is 6.03 Å². The maximum absolute atomic E-state index is 12.2. The average molecular weight is 316 g/mol. The Bertz CT molecular complexity index is 550. The molecule has 0 radical (unpaired) electrons. The average Bonchev–Trinajstić information content (AvgIpc) is 2.56. The number of urea groups is 1. The third kappa shape index (κ3) is 4.25. The smallest absolute Gasteiger partial charge is 0.315 e. The molecular formula is C19H28N2O2. The van der Waals surface area contributed by atoms with Crippen LogP contribution in [0.2, 0.25) is 0 Å². The van der Waals surface area contributed by atoms with Crippen molar-refractivity contribution in [3.05, 3.63) is 34.9 Å². The summed E-state index contributed by atoms with van der Waals surface area (Å²) in [5, 5.41) is 15.6. The van der Waals surface area contributed by atoms with Gasteiger partial charge in [0.05, 0.1) is 12.1 Å². The van der Waals surface area contributed by atoms with Crippen molar-refractivity contribution < 1.29 is 9.90 Å². The van der Waals surface area contributed by atoms with E-state index >= 15 is 0 Å². The molecular weight excluding hydrogens is 288 g/mol. The van der Waals surface area contributed by atoms with Crippen molar-refractivity contribution in [2.75, 3.05) is 0 Å². The number of benzene rings is 1. The molecule has 0 bridgehead atoms. The molecule has 4 heteroatoms. The second-order valence-electron chi connectivity index (χ2n) is 7.08. The van der Waals surface area contributed by atoms with Gasteiger partial charge in [0.1, 0.15) is 0 Å². The largest absolute Gasteiger partial charge is 0.393 e. The first-order chi connectivity index (χ1) is 11.1. The second-order valence-corrected chi connectivity index (χ2v) is 7.08. The molecule has 1 saturated carbocycles. The van der Waals surface area contributed by atoms with Gasteiger partial charge in [-0.3, -0.25) is 0 Å². The van der Waals surface area contributed by atoms with Crippen LogP contribution in [0.5, 0.6) is 0 Å². The molecule has 126 valence electrons. The fourth-order valence-electron chi connectivity index (χ4n) is 3.75. The second kappa shape index (κ2) is 7.35. The standard InChI is InChI=1S/C19H28N2O2/c1-13(15-7-6-14-4-2-3-5-16(14)12-15)20-19(23)21-17-8-10-18(22)11-9-17/h6-7,12-13,17-18,22H,2-5,8-11H2,1H3,(H2,20,21,23). The summed E-state index contributed by atoms with van der Waals surface area (Å²) < 4.78 is 0. The van der Waals surface area contributed by atoms with E-state index < -0.39 is 0 Å². The van der Waals surface area contributed by atoms with Gasteiger partial charge in [-0.1, -0.05) is 18.2 Å². The lowest BCUT2D eigenvalue weighted by atomic mass is 9.89. The van der Waals surface area contributed by atoms with Gasteiger partial charge >= 0.3 is 6.03 Å². The first-order valence-electron chi connectivity index (χ1n) is 8.98. The summed E-state index contributed by atoms with van der Waals surface area (Å²) in [6.45, 7) is 2.04. The number of carbonyl (C=O) groups is 1. The third-order valence-corrected chi connectivity index (χ3v) is 5.25. The minimum atomic E-state index is -0.189. The van der Waals surface area contributed by atoms with E-state index in [2.05, 4.69) is 28.8 Å². The molecule has 1 unspecified atom stereocenters. The lowest BCUT2D eigenvalue weighted by molar-refractivity contribution is 0.117. The third-order valence-electron chi connectivity index (χ3n) is 5.25. The van der Waals surface area contributed by atoms with Crippen molar-refractivity contribution in [3.63, 3.8) is 0 Å². The summed E-state index contributed by atoms with van der Waals surface area (Å²) in [5.74, 6) is 0. The Morgan fingerprint density at radius 1 is 1.13 bits per heavy atom. The monoisotopic (exact) mass is 316 g/mol. The van der Waals surface area contributed by atoms with Gasteiger partial charge in [-0.05, 0) is 75.0 Å². The Hall–Kier alpha value is -1.55. The van der Waals surface area contributed by atoms with Crippen molar-refractivity contribution in [2.24, 2.45) is 0 Å². The van der Waals surface area contributed by atoms with E-state index in [1.807, 2.05) is 6.92 Å². The first-order valence-corrected chi connectivity index (χ1v) is 8.98. The Kier molecular flexibility index (Phi) is 5.21. The normalized spacial score (nSPS) is 25.3. The zero-order chi connectivity index (χ0) is 16.2. The van der Waals surface area contributed by atoms with Crippen molar-refractivity contribution in [2.45, 2.75) is 76.5 Å². The van der Waals surface area contributed by atoms with Crippen molar-refractivity contribution in [3.8, 4) is 0 Å². The minimum absolute atomic E-state index is 0.0106. The SMILES string of the molecule is CC(NC(=O)NC1CCC(O)CC1)c1ccc2c(c1)CCCC2. The number of carbonyl (C=O) groups excluding carboxylic acids is 1. The summed E-state index contributed by atoms with van der Waals surface area (Å²) in [6, 6.07) is 6.73. The highest BCUT2D eigenvalue weighted by Gasteiger charge is 2.21. The maximum atomic E-state index is 12.2. The zero-order valence-electron chi connectivity index (χ0n) is 14.0. The van der Waals surface area contributed by atoms with Gasteiger partial charge in [-0.15, -0.1) is 0 Å². The molecule has 1 atom stereocenters. The predicted octanol–water partition coefficient (Wildman–Crippen LogP) is 3.23. The highest BCUT2D eigenvalue weighted by Crippen LogP contribution is 2.25. The molecule has 4 nitrogen and oxygen atoms in total. The molecule has 0 spiro atoms. The van der Waals surface area contributed by atoms with E-state index in [4.69, 9.17) is 0 Å². The quantitative estimate of drug-likeness (QED) is 0.802. The van der Waals surface area contributed by atoms with E-state index in [9.17, 15) is 9.90 Å². The maximum Gasteiger partial charge on any atom is 0.315 e. The van der Waals surface area contributed by atoms with Crippen LogP contribution in [0.15, 0.2) is 18.2 Å². The number of amides is 2. The summed E-state index contributed by atoms with van der Waals surface area (Å²) >= 11 is 0. The van der Waals surface area contributed by atoms with Gasteiger partial charge in [0.25, 0.3) is 0 Å². The number of hydrogen-bond acceptors (Lipinski definition) is 2. The van der Waals surface area contributed by atoms with Gasteiger partial charge in [-0.2, -0.15) is 0 Å². The van der Waals surface area contributed by atoms with Crippen LogP contribution in [-0.4, -0.2) is 23.3 Å². The van der Waals surface area contributed by atoms with Crippen LogP contribution >= 0.6 is 0 Å². The molecule has 0 aromatic heterocycles. The topological polar surface area (TPSA) is 61.4 Å². The van der Waals surface area contributed by atoms with Gasteiger partial charge in [0.2, 0.25) is 0 Å². The van der Waals surface area contributed by atoms with Crippen molar-refractivity contribution in [1.29, 1.82) is 0 Å². The summed E-state index contributed by atoms with van der Waals surface area (Å²) in [5.41, 5.74) is 4.10. The van der Waals surface area contributed by atoms with Gasteiger partial charge in [0, 0.05) is 6.04 Å². The summed E-state index contributed by atoms with van der Waals surface area (Å²) in [4.78, 5) is 12.2. The highest BCUT2D eigenvalue weighted by atomic mass is 16.3. The number of hydrogen-bond donors (Lipinski definition) is 3. The lowest BCUT2D eigenvalue weighted by Gasteiger charge is -2.27. The summed E-state index contributed by atoms with van der Waals surface area (Å²) in [7, 11) is 0. The number of fused-ring (bicyclic) bond motifs is 1. The molecule has 2 aliphatic carbocycles. The number of aryl methyl sites for hydroxylation is 2. The van der Waals surface area contributed by atoms with Crippen LogP contribution in [0.3, 0.4) is 0 Å². The molecule has 1 aromatic rings. The molecule has 1 aromatic carbocycles. The molecule has 1 fully saturated rings.